The van der Waals surface area contributed by atoms with E-state index >= 15 is 0 Å². The first-order chi connectivity index (χ1) is 9.43. The van der Waals surface area contributed by atoms with Crippen LogP contribution in [0, 0.1) is 13.8 Å². The molecule has 20 heavy (non-hydrogen) atoms. The van der Waals surface area contributed by atoms with Crippen LogP contribution in [0.3, 0.4) is 0 Å². The van der Waals surface area contributed by atoms with E-state index in [1.54, 1.807) is 16.0 Å². The zero-order valence-electron chi connectivity index (χ0n) is 12.1. The van der Waals surface area contributed by atoms with Gasteiger partial charge in [0, 0.05) is 11.4 Å². The zero-order valence-corrected chi connectivity index (χ0v) is 12.9. The fourth-order valence-corrected chi connectivity index (χ4v) is 3.10. The maximum atomic E-state index is 12.3. The monoisotopic (exact) mass is 293 g/mol. The summed E-state index contributed by atoms with van der Waals surface area (Å²) in [7, 11) is 0. The van der Waals surface area contributed by atoms with E-state index in [0.717, 1.165) is 15.6 Å². The van der Waals surface area contributed by atoms with Crippen LogP contribution in [-0.4, -0.2) is 20.7 Å². The molecule has 0 aliphatic carbocycles. The lowest BCUT2D eigenvalue weighted by Crippen LogP contribution is -2.29. The third-order valence-corrected chi connectivity index (χ3v) is 4.32. The highest BCUT2D eigenvalue weighted by atomic mass is 32.1. The Bertz CT molecular complexity index is 631. The molecule has 0 saturated heterocycles. The fourth-order valence-electron chi connectivity index (χ4n) is 2.17. The summed E-state index contributed by atoms with van der Waals surface area (Å²) in [6.45, 7) is 8.38. The summed E-state index contributed by atoms with van der Waals surface area (Å²) < 4.78 is 1.60. The quantitative estimate of drug-likeness (QED) is 0.903. The lowest BCUT2D eigenvalue weighted by Gasteiger charge is -2.14. The van der Waals surface area contributed by atoms with Gasteiger partial charge in [-0.15, -0.1) is 11.3 Å². The molecular weight excluding hydrogens is 274 g/mol. The van der Waals surface area contributed by atoms with E-state index in [1.165, 1.54) is 6.20 Å². The molecule has 3 N–H and O–H groups in total. The van der Waals surface area contributed by atoms with E-state index in [-0.39, 0.29) is 11.9 Å². The van der Waals surface area contributed by atoms with Crippen molar-refractivity contribution in [2.75, 3.05) is 5.73 Å². The number of nitrogens with two attached hydrogens (primary N) is 1. The fraction of sp³-hybridized carbons (Fsp3) is 0.462. The van der Waals surface area contributed by atoms with Gasteiger partial charge in [0.1, 0.15) is 5.69 Å². The number of nitrogens with one attached hydrogen (secondary N) is 1. The van der Waals surface area contributed by atoms with Gasteiger partial charge in [0.15, 0.2) is 0 Å². The minimum atomic E-state index is -0.209. The molecule has 1 atom stereocenters. The highest BCUT2D eigenvalue weighted by Crippen LogP contribution is 2.25. The van der Waals surface area contributed by atoms with Crippen LogP contribution < -0.4 is 11.1 Å². The number of carbonyl (C=O) groups is 1. The minimum Gasteiger partial charge on any atom is -0.396 e. The van der Waals surface area contributed by atoms with E-state index in [2.05, 4.69) is 15.4 Å². The predicted molar refractivity (Wildman–Crippen MR) is 79.8 cm³/mol. The lowest BCUT2D eigenvalue weighted by atomic mass is 10.2. The molecule has 1 unspecified atom stereocenters. The number of hydrogen-bond donors (Lipinski definition) is 2. The molecular formula is C13H19N5OS. The second kappa shape index (κ2) is 5.62. The Morgan fingerprint density at radius 2 is 2.25 bits per heavy atom. The van der Waals surface area contributed by atoms with Gasteiger partial charge in [0.25, 0.3) is 5.91 Å². The molecule has 0 saturated carbocycles. The van der Waals surface area contributed by atoms with Gasteiger partial charge < -0.3 is 11.1 Å². The summed E-state index contributed by atoms with van der Waals surface area (Å²) in [5.41, 5.74) is 7.58. The number of hydrogen-bond acceptors (Lipinski definition) is 5. The van der Waals surface area contributed by atoms with Crippen molar-refractivity contribution >= 4 is 22.9 Å². The van der Waals surface area contributed by atoms with E-state index in [0.29, 0.717) is 17.9 Å². The Balaban J connectivity index is 2.19. The second-order valence-corrected chi connectivity index (χ2v) is 5.88. The van der Waals surface area contributed by atoms with Gasteiger partial charge in [0.2, 0.25) is 0 Å². The Kier molecular flexibility index (Phi) is 4.08. The van der Waals surface area contributed by atoms with Crippen LogP contribution in [0.2, 0.25) is 0 Å². The molecule has 108 valence electrons. The van der Waals surface area contributed by atoms with Gasteiger partial charge in [0.05, 0.1) is 28.6 Å². The van der Waals surface area contributed by atoms with Crippen LogP contribution in [0.5, 0.6) is 0 Å². The smallest absolute Gasteiger partial charge is 0.272 e. The number of thiazole rings is 1. The average molecular weight is 293 g/mol. The summed E-state index contributed by atoms with van der Waals surface area (Å²) in [4.78, 5) is 17.8. The van der Waals surface area contributed by atoms with Crippen molar-refractivity contribution < 1.29 is 4.79 Å². The third-order valence-electron chi connectivity index (χ3n) is 3.06. The SMILES string of the molecule is CCn1ncc(N)c1C(=O)NC(C)c1sc(C)nc1C. The largest absolute Gasteiger partial charge is 0.396 e. The van der Waals surface area contributed by atoms with Gasteiger partial charge in [-0.1, -0.05) is 0 Å². The topological polar surface area (TPSA) is 85.8 Å². The van der Waals surface area contributed by atoms with Crippen molar-refractivity contribution in [1.29, 1.82) is 0 Å². The Morgan fingerprint density at radius 3 is 2.80 bits per heavy atom. The second-order valence-electron chi connectivity index (χ2n) is 4.64. The van der Waals surface area contributed by atoms with E-state index in [4.69, 9.17) is 5.73 Å². The molecule has 2 heterocycles. The molecule has 0 aromatic carbocycles. The van der Waals surface area contributed by atoms with Crippen LogP contribution in [0.15, 0.2) is 6.20 Å². The molecule has 0 radical (unpaired) electrons. The van der Waals surface area contributed by atoms with Crippen LogP contribution >= 0.6 is 11.3 Å². The third kappa shape index (κ3) is 2.67. The number of rotatable bonds is 4. The molecule has 2 aromatic heterocycles. The molecule has 2 aromatic rings. The zero-order chi connectivity index (χ0) is 14.9. The minimum absolute atomic E-state index is 0.103. The summed E-state index contributed by atoms with van der Waals surface area (Å²) in [6.07, 6.45) is 1.51. The first kappa shape index (κ1) is 14.5. The number of amides is 1. The van der Waals surface area contributed by atoms with E-state index in [9.17, 15) is 4.79 Å². The highest BCUT2D eigenvalue weighted by molar-refractivity contribution is 7.11. The molecule has 2 rings (SSSR count). The maximum absolute atomic E-state index is 12.3. The Morgan fingerprint density at radius 1 is 1.55 bits per heavy atom. The van der Waals surface area contributed by atoms with E-state index < -0.39 is 0 Å². The maximum Gasteiger partial charge on any atom is 0.272 e. The van der Waals surface area contributed by atoms with E-state index in [1.807, 2.05) is 27.7 Å². The van der Waals surface area contributed by atoms with Gasteiger partial charge in [-0.2, -0.15) is 5.10 Å². The van der Waals surface area contributed by atoms with Crippen molar-refractivity contribution in [2.45, 2.75) is 40.3 Å². The predicted octanol–water partition coefficient (Wildman–Crippen LogP) is 2.05. The van der Waals surface area contributed by atoms with Crippen LogP contribution in [-0.2, 0) is 6.54 Å². The molecule has 0 aliphatic rings. The normalized spacial score (nSPS) is 12.4. The van der Waals surface area contributed by atoms with Crippen LogP contribution in [0.1, 0.15) is 46.0 Å². The summed E-state index contributed by atoms with van der Waals surface area (Å²) in [6, 6.07) is -0.103. The van der Waals surface area contributed by atoms with Crippen molar-refractivity contribution in [3.63, 3.8) is 0 Å². The lowest BCUT2D eigenvalue weighted by molar-refractivity contribution is 0.0930. The van der Waals surface area contributed by atoms with Crippen molar-refractivity contribution in [1.82, 2.24) is 20.1 Å². The molecule has 0 aliphatic heterocycles. The molecule has 0 bridgehead atoms. The molecule has 6 nitrogen and oxygen atoms in total. The molecule has 0 spiro atoms. The summed E-state index contributed by atoms with van der Waals surface area (Å²) in [5.74, 6) is -0.209. The van der Waals surface area contributed by atoms with Gasteiger partial charge in [-0.3, -0.25) is 9.48 Å². The molecule has 1 amide bonds. The number of aromatic nitrogens is 3. The van der Waals surface area contributed by atoms with Gasteiger partial charge >= 0.3 is 0 Å². The van der Waals surface area contributed by atoms with Crippen molar-refractivity contribution in [2.24, 2.45) is 0 Å². The number of nitrogens with zero attached hydrogens (tertiary/aromatic N) is 3. The van der Waals surface area contributed by atoms with Crippen LogP contribution in [0.25, 0.3) is 0 Å². The van der Waals surface area contributed by atoms with Crippen molar-refractivity contribution in [3.8, 4) is 0 Å². The first-order valence-corrected chi connectivity index (χ1v) is 7.31. The summed E-state index contributed by atoms with van der Waals surface area (Å²) in [5, 5.41) is 8.03. The number of aryl methyl sites for hydroxylation is 3. The number of carbonyl (C=O) groups excluding carboxylic acids is 1. The molecule has 7 heteroatoms. The first-order valence-electron chi connectivity index (χ1n) is 6.50. The standard InChI is InChI=1S/C13H19N5OS/c1-5-18-11(10(14)6-15-18)13(19)17-8(3)12-7(2)16-9(4)20-12/h6,8H,5,14H2,1-4H3,(H,17,19). The number of anilines is 1. The molecule has 0 fully saturated rings. The van der Waals surface area contributed by atoms with Gasteiger partial charge in [-0.05, 0) is 27.7 Å². The van der Waals surface area contributed by atoms with Gasteiger partial charge in [-0.25, -0.2) is 4.98 Å². The highest BCUT2D eigenvalue weighted by Gasteiger charge is 2.20. The Labute approximate surface area is 122 Å². The Hall–Kier alpha value is -1.89. The summed E-state index contributed by atoms with van der Waals surface area (Å²) >= 11 is 1.60. The van der Waals surface area contributed by atoms with Crippen LogP contribution in [0.4, 0.5) is 5.69 Å². The number of nitrogen functional groups attached to an aromatic ring is 1. The average Bonchev–Trinajstić information content (AvgIpc) is 2.91. The van der Waals surface area contributed by atoms with Crippen molar-refractivity contribution in [3.05, 3.63) is 27.5 Å².